The number of rotatable bonds is 6. The van der Waals surface area contributed by atoms with Gasteiger partial charge in [-0.3, -0.25) is 4.90 Å². The van der Waals surface area contributed by atoms with Gasteiger partial charge in [0.1, 0.15) is 5.69 Å². The summed E-state index contributed by atoms with van der Waals surface area (Å²) in [6.45, 7) is 5.45. The second kappa shape index (κ2) is 10.9. The van der Waals surface area contributed by atoms with Crippen LogP contribution in [-0.4, -0.2) is 61.9 Å². The highest BCUT2D eigenvalue weighted by Gasteiger charge is 2.38. The number of halogens is 3. The van der Waals surface area contributed by atoms with E-state index in [-0.39, 0.29) is 6.61 Å². The number of unbranched alkanes of at least 4 members (excludes halogenated alkanes) is 1. The van der Waals surface area contributed by atoms with Crippen molar-refractivity contribution in [3.8, 4) is 0 Å². The number of carboxylic acids is 1. The summed E-state index contributed by atoms with van der Waals surface area (Å²) in [6.07, 6.45) is 5.95. The predicted molar refractivity (Wildman–Crippen MR) is 88.4 cm³/mol. The van der Waals surface area contributed by atoms with Gasteiger partial charge in [-0.1, -0.05) is 30.7 Å². The molecule has 0 amide bonds. The molecule has 0 unspecified atom stereocenters. The zero-order chi connectivity index (χ0) is 19.6. The topological polar surface area (TPSA) is 91.5 Å². The number of nitrogens with zero attached hydrogens (tertiary/aromatic N) is 4. The molecule has 0 atom stereocenters. The molecule has 1 fully saturated rings. The van der Waals surface area contributed by atoms with Crippen LogP contribution in [-0.2, 0) is 11.4 Å². The van der Waals surface area contributed by atoms with E-state index in [1.807, 2.05) is 10.9 Å². The van der Waals surface area contributed by atoms with Crippen LogP contribution >= 0.6 is 0 Å². The molecule has 0 radical (unpaired) electrons. The second-order valence-corrected chi connectivity index (χ2v) is 5.94. The Morgan fingerprint density at radius 2 is 1.96 bits per heavy atom. The van der Waals surface area contributed by atoms with E-state index in [9.17, 15) is 13.2 Å². The summed E-state index contributed by atoms with van der Waals surface area (Å²) in [4.78, 5) is 11.4. The number of aliphatic hydroxyl groups is 1. The molecule has 0 spiro atoms. The summed E-state index contributed by atoms with van der Waals surface area (Å²) in [7, 11) is 0. The van der Waals surface area contributed by atoms with Gasteiger partial charge in [-0.15, -0.1) is 5.10 Å². The van der Waals surface area contributed by atoms with Crippen LogP contribution in [0.1, 0.15) is 44.3 Å². The molecule has 2 heterocycles. The Kier molecular flexibility index (Phi) is 9.28. The van der Waals surface area contributed by atoms with Crippen molar-refractivity contribution >= 4 is 5.97 Å². The van der Waals surface area contributed by atoms with Crippen LogP contribution in [0.15, 0.2) is 18.3 Å². The highest BCUT2D eigenvalue weighted by Crippen LogP contribution is 2.21. The molecule has 1 aliphatic rings. The molecule has 1 aliphatic heterocycles. The molecule has 1 saturated heterocycles. The van der Waals surface area contributed by atoms with Crippen LogP contribution in [0.5, 0.6) is 0 Å². The van der Waals surface area contributed by atoms with Crippen LogP contribution in [0, 0.1) is 0 Å². The predicted octanol–water partition coefficient (Wildman–Crippen LogP) is 2.40. The number of allylic oxidation sites excluding steroid dienone is 1. The van der Waals surface area contributed by atoms with Crippen molar-refractivity contribution in [2.45, 2.75) is 51.4 Å². The SMILES string of the molecule is CCC/C=C/CN1CCC(n2cc(CO)nn2)CC1.O=C(O)C(F)(F)F. The average molecular weight is 378 g/mol. The molecular formula is C16H25F3N4O3. The van der Waals surface area contributed by atoms with Gasteiger partial charge in [-0.25, -0.2) is 9.48 Å². The zero-order valence-electron chi connectivity index (χ0n) is 14.7. The van der Waals surface area contributed by atoms with E-state index in [2.05, 4.69) is 34.3 Å². The van der Waals surface area contributed by atoms with E-state index in [4.69, 9.17) is 15.0 Å². The third kappa shape index (κ3) is 7.96. The van der Waals surface area contributed by atoms with E-state index in [0.29, 0.717) is 11.7 Å². The maximum Gasteiger partial charge on any atom is 0.490 e. The molecule has 2 N–H and O–H groups in total. The summed E-state index contributed by atoms with van der Waals surface area (Å²) in [5.74, 6) is -2.76. The van der Waals surface area contributed by atoms with Crippen molar-refractivity contribution in [1.29, 1.82) is 0 Å². The minimum Gasteiger partial charge on any atom is -0.475 e. The van der Waals surface area contributed by atoms with Crippen LogP contribution in [0.4, 0.5) is 13.2 Å². The Morgan fingerprint density at radius 3 is 2.42 bits per heavy atom. The first-order valence-corrected chi connectivity index (χ1v) is 8.47. The first-order valence-electron chi connectivity index (χ1n) is 8.47. The number of hydrogen-bond donors (Lipinski definition) is 2. The number of carboxylic acid groups (broad SMARTS) is 1. The van der Waals surface area contributed by atoms with E-state index < -0.39 is 12.1 Å². The molecule has 1 aromatic rings. The van der Waals surface area contributed by atoms with Crippen LogP contribution in [0.2, 0.25) is 0 Å². The van der Waals surface area contributed by atoms with E-state index >= 15 is 0 Å². The Balaban J connectivity index is 0.000000412. The van der Waals surface area contributed by atoms with Crippen LogP contribution in [0.25, 0.3) is 0 Å². The van der Waals surface area contributed by atoms with Crippen LogP contribution < -0.4 is 0 Å². The first-order chi connectivity index (χ1) is 12.3. The monoisotopic (exact) mass is 378 g/mol. The Hall–Kier alpha value is -1.94. The normalized spacial score (nSPS) is 16.5. The standard InChI is InChI=1S/C14H24N4O.C2HF3O2/c1-2-3-4-5-8-17-9-6-14(7-10-17)18-11-13(12-19)15-16-18;3-2(4,5)1(6)7/h4-5,11,14,19H,2-3,6-10,12H2,1H3;(H,6,7)/b5-4+;. The largest absolute Gasteiger partial charge is 0.490 e. The van der Waals surface area contributed by atoms with Gasteiger partial charge in [0.25, 0.3) is 0 Å². The fourth-order valence-electron chi connectivity index (χ4n) is 2.44. The molecule has 10 heteroatoms. The highest BCUT2D eigenvalue weighted by molar-refractivity contribution is 5.73. The number of likely N-dealkylation sites (tertiary alicyclic amines) is 1. The van der Waals surface area contributed by atoms with E-state index in [1.54, 1.807) is 0 Å². The molecule has 0 aromatic carbocycles. The Labute approximate surface area is 150 Å². The molecule has 148 valence electrons. The van der Waals surface area contributed by atoms with Gasteiger partial charge >= 0.3 is 12.1 Å². The van der Waals surface area contributed by atoms with Gasteiger partial charge in [0, 0.05) is 19.6 Å². The number of piperidine rings is 1. The molecule has 26 heavy (non-hydrogen) atoms. The molecule has 2 rings (SSSR count). The minimum absolute atomic E-state index is 0.0267. The van der Waals surface area contributed by atoms with Crippen molar-refractivity contribution in [2.75, 3.05) is 19.6 Å². The van der Waals surface area contributed by atoms with E-state index in [0.717, 1.165) is 32.5 Å². The second-order valence-electron chi connectivity index (χ2n) is 5.94. The van der Waals surface area contributed by atoms with Crippen LogP contribution in [0.3, 0.4) is 0 Å². The lowest BCUT2D eigenvalue weighted by atomic mass is 10.1. The van der Waals surface area contributed by atoms with E-state index in [1.165, 1.54) is 12.8 Å². The third-order valence-corrected chi connectivity index (χ3v) is 3.88. The van der Waals surface area contributed by atoms with Crippen molar-refractivity contribution in [3.05, 3.63) is 24.0 Å². The van der Waals surface area contributed by atoms with Crippen molar-refractivity contribution < 1.29 is 28.2 Å². The number of hydrogen-bond acceptors (Lipinski definition) is 5. The lowest BCUT2D eigenvalue weighted by Crippen LogP contribution is -2.34. The summed E-state index contributed by atoms with van der Waals surface area (Å²) >= 11 is 0. The fraction of sp³-hybridized carbons (Fsp3) is 0.688. The lowest BCUT2D eigenvalue weighted by Gasteiger charge is -2.30. The molecule has 1 aromatic heterocycles. The molecule has 0 bridgehead atoms. The van der Waals surface area contributed by atoms with Crippen molar-refractivity contribution in [1.82, 2.24) is 19.9 Å². The maximum atomic E-state index is 10.6. The Bertz CT molecular complexity index is 567. The fourth-order valence-corrected chi connectivity index (χ4v) is 2.44. The van der Waals surface area contributed by atoms with Gasteiger partial charge < -0.3 is 10.2 Å². The summed E-state index contributed by atoms with van der Waals surface area (Å²) in [6, 6.07) is 0.434. The maximum absolute atomic E-state index is 10.6. The summed E-state index contributed by atoms with van der Waals surface area (Å²) in [5.41, 5.74) is 0.657. The van der Waals surface area contributed by atoms with Gasteiger partial charge in [0.15, 0.2) is 0 Å². The lowest BCUT2D eigenvalue weighted by molar-refractivity contribution is -0.192. The molecular weight excluding hydrogens is 353 g/mol. The van der Waals surface area contributed by atoms with Crippen molar-refractivity contribution in [3.63, 3.8) is 0 Å². The number of aromatic nitrogens is 3. The number of carbonyl (C=O) groups is 1. The van der Waals surface area contributed by atoms with Crippen molar-refractivity contribution in [2.24, 2.45) is 0 Å². The van der Waals surface area contributed by atoms with Gasteiger partial charge in [-0.05, 0) is 19.3 Å². The van der Waals surface area contributed by atoms with Gasteiger partial charge in [0.2, 0.25) is 0 Å². The average Bonchev–Trinajstić information content (AvgIpc) is 3.08. The number of aliphatic carboxylic acids is 1. The first kappa shape index (κ1) is 22.1. The quantitative estimate of drug-likeness (QED) is 0.739. The van der Waals surface area contributed by atoms with Gasteiger partial charge in [-0.2, -0.15) is 13.2 Å². The number of alkyl halides is 3. The third-order valence-electron chi connectivity index (χ3n) is 3.88. The highest BCUT2D eigenvalue weighted by atomic mass is 19.4. The molecule has 0 aliphatic carbocycles. The van der Waals surface area contributed by atoms with Gasteiger partial charge in [0.05, 0.1) is 18.8 Å². The summed E-state index contributed by atoms with van der Waals surface area (Å²) < 4.78 is 33.6. The molecule has 0 saturated carbocycles. The smallest absolute Gasteiger partial charge is 0.475 e. The summed E-state index contributed by atoms with van der Waals surface area (Å²) in [5, 5.41) is 24.2. The zero-order valence-corrected chi connectivity index (χ0v) is 14.7. The number of aliphatic hydroxyl groups excluding tert-OH is 1. The molecule has 7 nitrogen and oxygen atoms in total. The Morgan fingerprint density at radius 1 is 1.35 bits per heavy atom. The minimum atomic E-state index is -5.08.